The lowest BCUT2D eigenvalue weighted by Gasteiger charge is -2.10. The average Bonchev–Trinajstić information content (AvgIpc) is 2.70. The molecular formula is C24H31NO3. The molecule has 4 heteroatoms. The van der Waals surface area contributed by atoms with Gasteiger partial charge in [0.05, 0.1) is 6.61 Å². The molecule has 4 nitrogen and oxygen atoms in total. The zero-order valence-corrected chi connectivity index (χ0v) is 17.0. The van der Waals surface area contributed by atoms with Crippen LogP contribution in [0.15, 0.2) is 60.7 Å². The van der Waals surface area contributed by atoms with Crippen molar-refractivity contribution >= 4 is 11.6 Å². The zero-order valence-electron chi connectivity index (χ0n) is 17.0. The molecule has 0 saturated carbocycles. The van der Waals surface area contributed by atoms with E-state index in [4.69, 9.17) is 9.47 Å². The maximum atomic E-state index is 12.5. The van der Waals surface area contributed by atoms with E-state index in [1.165, 1.54) is 25.7 Å². The number of hydrogen-bond acceptors (Lipinski definition) is 3. The maximum absolute atomic E-state index is 12.5. The molecule has 1 N–H and O–H groups in total. The summed E-state index contributed by atoms with van der Waals surface area (Å²) in [6, 6.07) is 14.6. The molecule has 0 aliphatic carbocycles. The van der Waals surface area contributed by atoms with Gasteiger partial charge in [0.2, 0.25) is 0 Å². The second-order valence-corrected chi connectivity index (χ2v) is 7.01. The van der Waals surface area contributed by atoms with Crippen molar-refractivity contribution < 1.29 is 14.3 Å². The Kier molecular flexibility index (Phi) is 9.13. The number of nitrogens with one attached hydrogen (secondary N) is 1. The van der Waals surface area contributed by atoms with Crippen LogP contribution >= 0.6 is 0 Å². The van der Waals surface area contributed by atoms with Gasteiger partial charge in [0.15, 0.2) is 0 Å². The largest absolute Gasteiger partial charge is 0.494 e. The summed E-state index contributed by atoms with van der Waals surface area (Å²) in [6.07, 6.45) is 6.08. The van der Waals surface area contributed by atoms with E-state index in [2.05, 4.69) is 18.8 Å². The molecule has 2 rings (SSSR count). The average molecular weight is 382 g/mol. The smallest absolute Gasteiger partial charge is 0.255 e. The Morgan fingerprint density at radius 1 is 0.964 bits per heavy atom. The molecule has 2 aromatic carbocycles. The topological polar surface area (TPSA) is 47.6 Å². The molecule has 28 heavy (non-hydrogen) atoms. The van der Waals surface area contributed by atoms with Crippen LogP contribution in [0.4, 0.5) is 5.69 Å². The fourth-order valence-electron chi connectivity index (χ4n) is 2.67. The lowest BCUT2D eigenvalue weighted by Crippen LogP contribution is -2.12. The summed E-state index contributed by atoms with van der Waals surface area (Å²) in [7, 11) is 0. The molecule has 0 spiro atoms. The van der Waals surface area contributed by atoms with Crippen LogP contribution in [0, 0.1) is 0 Å². The molecule has 0 bridgehead atoms. The molecule has 0 aromatic heterocycles. The van der Waals surface area contributed by atoms with Crippen LogP contribution in [0.1, 0.15) is 56.3 Å². The molecule has 2 aromatic rings. The highest BCUT2D eigenvalue weighted by Crippen LogP contribution is 2.19. The Labute approximate surface area is 168 Å². The van der Waals surface area contributed by atoms with Gasteiger partial charge in [0.25, 0.3) is 5.91 Å². The van der Waals surface area contributed by atoms with Gasteiger partial charge in [-0.3, -0.25) is 4.79 Å². The van der Waals surface area contributed by atoms with Gasteiger partial charge in [0, 0.05) is 11.3 Å². The van der Waals surface area contributed by atoms with Crippen molar-refractivity contribution in [3.63, 3.8) is 0 Å². The minimum atomic E-state index is -0.176. The van der Waals surface area contributed by atoms with Gasteiger partial charge in [-0.15, -0.1) is 0 Å². The lowest BCUT2D eigenvalue weighted by molar-refractivity contribution is 0.102. The van der Waals surface area contributed by atoms with Crippen LogP contribution < -0.4 is 14.8 Å². The van der Waals surface area contributed by atoms with Crippen molar-refractivity contribution in [3.05, 3.63) is 66.2 Å². The molecule has 0 aliphatic heterocycles. The van der Waals surface area contributed by atoms with Gasteiger partial charge in [-0.2, -0.15) is 0 Å². The summed E-state index contributed by atoms with van der Waals surface area (Å²) in [5.41, 5.74) is 2.21. The number of unbranched alkanes of at least 4 members (excludes halogenated alkanes) is 4. The van der Waals surface area contributed by atoms with Crippen molar-refractivity contribution in [3.8, 4) is 11.5 Å². The highest BCUT2D eigenvalue weighted by Gasteiger charge is 2.08. The Morgan fingerprint density at radius 3 is 2.43 bits per heavy atom. The van der Waals surface area contributed by atoms with Crippen molar-refractivity contribution in [2.75, 3.05) is 18.5 Å². The van der Waals surface area contributed by atoms with Gasteiger partial charge in [-0.25, -0.2) is 0 Å². The van der Waals surface area contributed by atoms with Gasteiger partial charge in [0.1, 0.15) is 18.1 Å². The van der Waals surface area contributed by atoms with Gasteiger partial charge < -0.3 is 14.8 Å². The zero-order chi connectivity index (χ0) is 20.2. The third-order valence-corrected chi connectivity index (χ3v) is 4.21. The van der Waals surface area contributed by atoms with E-state index in [9.17, 15) is 4.79 Å². The lowest BCUT2D eigenvalue weighted by atomic mass is 10.2. The van der Waals surface area contributed by atoms with Crippen LogP contribution in [0.2, 0.25) is 0 Å². The molecule has 0 saturated heterocycles. The Balaban J connectivity index is 1.82. The van der Waals surface area contributed by atoms with E-state index >= 15 is 0 Å². The molecular weight excluding hydrogens is 350 g/mol. The van der Waals surface area contributed by atoms with Gasteiger partial charge in [-0.05, 0) is 61.4 Å². The fraction of sp³-hybridized carbons (Fsp3) is 0.375. The third-order valence-electron chi connectivity index (χ3n) is 4.21. The number of carbonyl (C=O) groups excluding carboxylic acids is 1. The molecule has 0 aliphatic rings. The van der Waals surface area contributed by atoms with Gasteiger partial charge >= 0.3 is 0 Å². The van der Waals surface area contributed by atoms with Crippen LogP contribution in [0.3, 0.4) is 0 Å². The van der Waals surface area contributed by atoms with E-state index in [1.54, 1.807) is 18.2 Å². The summed E-state index contributed by atoms with van der Waals surface area (Å²) in [4.78, 5) is 12.5. The molecule has 0 unspecified atom stereocenters. The van der Waals surface area contributed by atoms with Crippen LogP contribution in [-0.2, 0) is 0 Å². The SMILES string of the molecule is C=C(C)COc1cccc(C(=O)Nc2ccc(OCCCCCCC)cc2)c1. The predicted molar refractivity (Wildman–Crippen MR) is 115 cm³/mol. The van der Waals surface area contributed by atoms with E-state index in [0.29, 0.717) is 17.9 Å². The first kappa shape index (κ1) is 21.5. The van der Waals surface area contributed by atoms with E-state index < -0.39 is 0 Å². The molecule has 0 fully saturated rings. The first-order valence-electron chi connectivity index (χ1n) is 10.00. The summed E-state index contributed by atoms with van der Waals surface area (Å²) < 4.78 is 11.4. The summed E-state index contributed by atoms with van der Waals surface area (Å²) >= 11 is 0. The first-order chi connectivity index (χ1) is 13.6. The Morgan fingerprint density at radius 2 is 1.71 bits per heavy atom. The standard InChI is InChI=1S/C24H31NO3/c1-4-5-6-7-8-16-27-22-14-12-21(13-15-22)25-24(26)20-10-9-11-23(17-20)28-18-19(2)3/h9-15,17H,2,4-8,16,18H2,1,3H3,(H,25,26). The molecule has 1 amide bonds. The van der Waals surface area contributed by atoms with E-state index in [-0.39, 0.29) is 5.91 Å². The minimum Gasteiger partial charge on any atom is -0.494 e. The third kappa shape index (κ3) is 7.87. The molecule has 0 heterocycles. The van der Waals surface area contributed by atoms with E-state index in [0.717, 1.165) is 30.0 Å². The number of rotatable bonds is 12. The number of benzene rings is 2. The highest BCUT2D eigenvalue weighted by molar-refractivity contribution is 6.04. The number of anilines is 1. The van der Waals surface area contributed by atoms with Crippen molar-refractivity contribution in [2.45, 2.75) is 46.0 Å². The Hall–Kier alpha value is -2.75. The quantitative estimate of drug-likeness (QED) is 0.349. The normalized spacial score (nSPS) is 10.4. The minimum absolute atomic E-state index is 0.176. The number of hydrogen-bond donors (Lipinski definition) is 1. The Bertz CT molecular complexity index is 753. The van der Waals surface area contributed by atoms with Crippen LogP contribution in [0.25, 0.3) is 0 Å². The highest BCUT2D eigenvalue weighted by atomic mass is 16.5. The summed E-state index contributed by atoms with van der Waals surface area (Å²) in [6.45, 7) is 9.09. The molecule has 150 valence electrons. The second-order valence-electron chi connectivity index (χ2n) is 7.01. The number of amides is 1. The number of carbonyl (C=O) groups is 1. The van der Waals surface area contributed by atoms with Gasteiger partial charge in [-0.1, -0.05) is 45.3 Å². The van der Waals surface area contributed by atoms with Crippen molar-refractivity contribution in [2.24, 2.45) is 0 Å². The monoisotopic (exact) mass is 381 g/mol. The second kappa shape index (κ2) is 11.9. The summed E-state index contributed by atoms with van der Waals surface area (Å²) in [5, 5.41) is 2.90. The van der Waals surface area contributed by atoms with E-state index in [1.807, 2.05) is 37.3 Å². The fourth-order valence-corrected chi connectivity index (χ4v) is 2.67. The van der Waals surface area contributed by atoms with Crippen molar-refractivity contribution in [1.29, 1.82) is 0 Å². The predicted octanol–water partition coefficient (Wildman–Crippen LogP) is 6.24. The van der Waals surface area contributed by atoms with Crippen LogP contribution in [-0.4, -0.2) is 19.1 Å². The maximum Gasteiger partial charge on any atom is 0.255 e. The number of ether oxygens (including phenoxy) is 2. The molecule has 0 radical (unpaired) electrons. The summed E-state index contributed by atoms with van der Waals surface area (Å²) in [5.74, 6) is 1.30. The van der Waals surface area contributed by atoms with Crippen LogP contribution in [0.5, 0.6) is 11.5 Å². The first-order valence-corrected chi connectivity index (χ1v) is 10.00. The van der Waals surface area contributed by atoms with Crippen molar-refractivity contribution in [1.82, 2.24) is 0 Å². The molecule has 0 atom stereocenters.